The van der Waals surface area contributed by atoms with Crippen LogP contribution in [0.2, 0.25) is 0 Å². The van der Waals surface area contributed by atoms with E-state index in [4.69, 9.17) is 14.2 Å². The summed E-state index contributed by atoms with van der Waals surface area (Å²) in [6, 6.07) is 15.3. The summed E-state index contributed by atoms with van der Waals surface area (Å²) in [5, 5.41) is 6.05. The lowest BCUT2D eigenvalue weighted by Gasteiger charge is -2.13. The van der Waals surface area contributed by atoms with Gasteiger partial charge in [-0.2, -0.15) is 0 Å². The number of nitrogens with one attached hydrogen (secondary N) is 2. The molecule has 6 nitrogen and oxygen atoms in total. The predicted octanol–water partition coefficient (Wildman–Crippen LogP) is 3.76. The highest BCUT2D eigenvalue weighted by molar-refractivity contribution is 5.92. The summed E-state index contributed by atoms with van der Waals surface area (Å²) in [5.74, 6) is 1.49. The zero-order valence-electron chi connectivity index (χ0n) is 17.1. The van der Waals surface area contributed by atoms with Crippen LogP contribution in [0.4, 0.5) is 5.69 Å². The smallest absolute Gasteiger partial charge is 0.238 e. The molecule has 1 aliphatic rings. The van der Waals surface area contributed by atoms with E-state index in [1.165, 1.54) is 0 Å². The normalized spacial score (nSPS) is 16.0. The van der Waals surface area contributed by atoms with Gasteiger partial charge in [0.2, 0.25) is 5.91 Å². The van der Waals surface area contributed by atoms with E-state index in [-0.39, 0.29) is 24.7 Å². The fourth-order valence-corrected chi connectivity index (χ4v) is 3.11. The van der Waals surface area contributed by atoms with E-state index in [0.717, 1.165) is 42.2 Å². The van der Waals surface area contributed by atoms with Gasteiger partial charge in [0.05, 0.1) is 18.8 Å². The minimum atomic E-state index is -0.0963. The standard InChI is InChI=1S/C23H30N2O4/c1-17(2)29-20-10-8-18(9-11-20)14-24-15-23(26)25-19-5-3-6-21(13-19)28-16-22-7-4-12-27-22/h3,5-6,8-11,13,17,22,24H,4,7,12,14-16H2,1-2H3,(H,25,26). The molecule has 1 aliphatic heterocycles. The van der Waals surface area contributed by atoms with Crippen LogP contribution in [-0.4, -0.2) is 37.9 Å². The number of hydrogen-bond acceptors (Lipinski definition) is 5. The second-order valence-electron chi connectivity index (χ2n) is 7.44. The number of rotatable bonds is 10. The van der Waals surface area contributed by atoms with Crippen molar-refractivity contribution in [1.29, 1.82) is 0 Å². The first-order chi connectivity index (χ1) is 14.1. The maximum absolute atomic E-state index is 12.2. The van der Waals surface area contributed by atoms with Gasteiger partial charge in [0.1, 0.15) is 18.1 Å². The van der Waals surface area contributed by atoms with Crippen molar-refractivity contribution in [3.8, 4) is 11.5 Å². The largest absolute Gasteiger partial charge is 0.491 e. The van der Waals surface area contributed by atoms with Crippen molar-refractivity contribution in [1.82, 2.24) is 5.32 Å². The third-order valence-corrected chi connectivity index (χ3v) is 4.49. The molecule has 1 heterocycles. The van der Waals surface area contributed by atoms with E-state index in [0.29, 0.717) is 13.2 Å². The van der Waals surface area contributed by atoms with Crippen LogP contribution in [0.25, 0.3) is 0 Å². The molecule has 0 radical (unpaired) electrons. The third-order valence-electron chi connectivity index (χ3n) is 4.49. The Morgan fingerprint density at radius 3 is 2.72 bits per heavy atom. The monoisotopic (exact) mass is 398 g/mol. The van der Waals surface area contributed by atoms with E-state index < -0.39 is 0 Å². The van der Waals surface area contributed by atoms with Crippen molar-refractivity contribution in [3.63, 3.8) is 0 Å². The van der Waals surface area contributed by atoms with Crippen LogP contribution in [0.5, 0.6) is 11.5 Å². The Kier molecular flexibility index (Phi) is 7.90. The number of benzene rings is 2. The topological polar surface area (TPSA) is 68.8 Å². The zero-order valence-corrected chi connectivity index (χ0v) is 17.1. The molecule has 1 saturated heterocycles. The predicted molar refractivity (Wildman–Crippen MR) is 113 cm³/mol. The van der Waals surface area contributed by atoms with Crippen molar-refractivity contribution in [3.05, 3.63) is 54.1 Å². The van der Waals surface area contributed by atoms with Crippen molar-refractivity contribution in [2.75, 3.05) is 25.1 Å². The number of carbonyl (C=O) groups is 1. The lowest BCUT2D eigenvalue weighted by Crippen LogP contribution is -2.27. The molecule has 6 heteroatoms. The van der Waals surface area contributed by atoms with Crippen molar-refractivity contribution >= 4 is 11.6 Å². The Bertz CT molecular complexity index is 771. The summed E-state index contributed by atoms with van der Waals surface area (Å²) < 4.78 is 17.0. The van der Waals surface area contributed by atoms with Crippen molar-refractivity contribution in [2.24, 2.45) is 0 Å². The van der Waals surface area contributed by atoms with Crippen LogP contribution >= 0.6 is 0 Å². The molecule has 2 aromatic carbocycles. The van der Waals surface area contributed by atoms with Gasteiger partial charge >= 0.3 is 0 Å². The molecule has 0 aromatic heterocycles. The Morgan fingerprint density at radius 2 is 2.00 bits per heavy atom. The van der Waals surface area contributed by atoms with Gasteiger partial charge in [-0.1, -0.05) is 18.2 Å². The fraction of sp³-hybridized carbons (Fsp3) is 0.435. The minimum absolute atomic E-state index is 0.0963. The van der Waals surface area contributed by atoms with Crippen LogP contribution in [-0.2, 0) is 16.1 Å². The van der Waals surface area contributed by atoms with Crippen molar-refractivity contribution < 1.29 is 19.0 Å². The number of anilines is 1. The molecular weight excluding hydrogens is 368 g/mol. The van der Waals surface area contributed by atoms with E-state index in [2.05, 4.69) is 10.6 Å². The molecule has 29 heavy (non-hydrogen) atoms. The highest BCUT2D eigenvalue weighted by Crippen LogP contribution is 2.19. The summed E-state index contributed by atoms with van der Waals surface area (Å²) in [4.78, 5) is 12.2. The molecule has 1 unspecified atom stereocenters. The van der Waals surface area contributed by atoms with Gasteiger partial charge in [0.25, 0.3) is 0 Å². The first-order valence-corrected chi connectivity index (χ1v) is 10.2. The average molecular weight is 399 g/mol. The molecule has 2 N–H and O–H groups in total. The summed E-state index contributed by atoms with van der Waals surface area (Å²) >= 11 is 0. The molecule has 0 saturated carbocycles. The second-order valence-corrected chi connectivity index (χ2v) is 7.44. The Hall–Kier alpha value is -2.57. The van der Waals surface area contributed by atoms with Crippen LogP contribution in [0.3, 0.4) is 0 Å². The molecule has 0 spiro atoms. The third kappa shape index (κ3) is 7.40. The molecule has 156 valence electrons. The summed E-state index contributed by atoms with van der Waals surface area (Å²) in [7, 11) is 0. The fourth-order valence-electron chi connectivity index (χ4n) is 3.11. The molecule has 2 aromatic rings. The molecular formula is C23H30N2O4. The summed E-state index contributed by atoms with van der Waals surface area (Å²) in [6.45, 7) is 6.19. The van der Waals surface area contributed by atoms with E-state index in [1.807, 2.05) is 62.4 Å². The van der Waals surface area contributed by atoms with Crippen LogP contribution in [0, 0.1) is 0 Å². The zero-order chi connectivity index (χ0) is 20.5. The van der Waals surface area contributed by atoms with Gasteiger partial charge < -0.3 is 24.8 Å². The van der Waals surface area contributed by atoms with Gasteiger partial charge in [0, 0.05) is 24.9 Å². The molecule has 0 bridgehead atoms. The van der Waals surface area contributed by atoms with Gasteiger partial charge in [0.15, 0.2) is 0 Å². The van der Waals surface area contributed by atoms with Crippen LogP contribution in [0.1, 0.15) is 32.3 Å². The number of carbonyl (C=O) groups excluding carboxylic acids is 1. The Balaban J connectivity index is 1.39. The first kappa shape index (κ1) is 21.1. The molecule has 1 fully saturated rings. The van der Waals surface area contributed by atoms with E-state index in [1.54, 1.807) is 0 Å². The van der Waals surface area contributed by atoms with Gasteiger partial charge in [-0.3, -0.25) is 4.79 Å². The Labute approximate surface area is 172 Å². The molecule has 0 aliphatic carbocycles. The number of ether oxygens (including phenoxy) is 3. The summed E-state index contributed by atoms with van der Waals surface area (Å²) in [5.41, 5.74) is 1.82. The molecule has 1 atom stereocenters. The van der Waals surface area contributed by atoms with Gasteiger partial charge in [-0.15, -0.1) is 0 Å². The molecule has 3 rings (SSSR count). The second kappa shape index (κ2) is 10.8. The lowest BCUT2D eigenvalue weighted by molar-refractivity contribution is -0.115. The van der Waals surface area contributed by atoms with Crippen LogP contribution < -0.4 is 20.1 Å². The first-order valence-electron chi connectivity index (χ1n) is 10.2. The maximum atomic E-state index is 12.2. The Morgan fingerprint density at radius 1 is 1.17 bits per heavy atom. The van der Waals surface area contributed by atoms with E-state index >= 15 is 0 Å². The summed E-state index contributed by atoms with van der Waals surface area (Å²) in [6.07, 6.45) is 2.45. The highest BCUT2D eigenvalue weighted by atomic mass is 16.5. The van der Waals surface area contributed by atoms with Crippen molar-refractivity contribution in [2.45, 2.75) is 45.4 Å². The van der Waals surface area contributed by atoms with Gasteiger partial charge in [-0.05, 0) is 56.5 Å². The maximum Gasteiger partial charge on any atom is 0.238 e. The van der Waals surface area contributed by atoms with Crippen LogP contribution in [0.15, 0.2) is 48.5 Å². The quantitative estimate of drug-likeness (QED) is 0.638. The number of hydrogen-bond donors (Lipinski definition) is 2. The van der Waals surface area contributed by atoms with Gasteiger partial charge in [-0.25, -0.2) is 0 Å². The highest BCUT2D eigenvalue weighted by Gasteiger charge is 2.16. The number of amides is 1. The minimum Gasteiger partial charge on any atom is -0.491 e. The average Bonchev–Trinajstić information content (AvgIpc) is 3.21. The lowest BCUT2D eigenvalue weighted by atomic mass is 10.2. The molecule has 1 amide bonds. The van der Waals surface area contributed by atoms with E-state index in [9.17, 15) is 4.79 Å². The SMILES string of the molecule is CC(C)Oc1ccc(CNCC(=O)Nc2cccc(OCC3CCCO3)c2)cc1.